The maximum atomic E-state index is 12.6. The van der Waals surface area contributed by atoms with E-state index in [-0.39, 0.29) is 11.5 Å². The molecular weight excluding hydrogens is 226 g/mol. The van der Waals surface area contributed by atoms with Crippen molar-refractivity contribution < 1.29 is 9.53 Å². The predicted octanol–water partition coefficient (Wildman–Crippen LogP) is 2.00. The summed E-state index contributed by atoms with van der Waals surface area (Å²) in [6, 6.07) is 8.18. The molecule has 0 radical (unpaired) electrons. The van der Waals surface area contributed by atoms with Crippen molar-refractivity contribution in [1.82, 2.24) is 4.90 Å². The van der Waals surface area contributed by atoms with Gasteiger partial charge in [-0.25, -0.2) is 0 Å². The number of likely N-dealkylation sites (N-methyl/N-ethyl adjacent to an activating group) is 1. The van der Waals surface area contributed by atoms with Crippen LogP contribution >= 0.6 is 0 Å². The highest BCUT2D eigenvalue weighted by Crippen LogP contribution is 2.46. The number of likely N-dealkylation sites (tertiary alicyclic amines) is 1. The lowest BCUT2D eigenvalue weighted by molar-refractivity contribution is -0.129. The summed E-state index contributed by atoms with van der Waals surface area (Å²) in [5, 5.41) is 0. The zero-order valence-corrected chi connectivity index (χ0v) is 11.0. The summed E-state index contributed by atoms with van der Waals surface area (Å²) in [5.41, 5.74) is 0.951. The summed E-state index contributed by atoms with van der Waals surface area (Å²) < 4.78 is 5.18. The first-order chi connectivity index (χ1) is 8.67. The van der Waals surface area contributed by atoms with Crippen LogP contribution in [0, 0.1) is 0 Å². The molecule has 2 atom stereocenters. The average molecular weight is 245 g/mol. The molecule has 0 amide bonds. The number of hydrogen-bond acceptors (Lipinski definition) is 3. The fraction of sp³-hybridized carbons (Fsp3) is 0.533. The Kier molecular flexibility index (Phi) is 2.67. The molecular formula is C15H19NO2. The van der Waals surface area contributed by atoms with Gasteiger partial charge in [0.1, 0.15) is 5.75 Å². The first-order valence-electron chi connectivity index (χ1n) is 6.56. The molecule has 2 unspecified atom stereocenters. The molecule has 3 rings (SSSR count). The Morgan fingerprint density at radius 3 is 2.67 bits per heavy atom. The fourth-order valence-corrected chi connectivity index (χ4v) is 3.49. The number of carbonyl (C=O) groups excluding carboxylic acids is 1. The minimum absolute atomic E-state index is 0.140. The van der Waals surface area contributed by atoms with Crippen LogP contribution in [0.4, 0.5) is 0 Å². The summed E-state index contributed by atoms with van der Waals surface area (Å²) in [6.45, 7) is 1.02. The predicted molar refractivity (Wildman–Crippen MR) is 69.9 cm³/mol. The molecule has 1 aliphatic carbocycles. The number of piperidine rings is 1. The maximum absolute atomic E-state index is 12.6. The largest absolute Gasteiger partial charge is 0.497 e. The molecule has 0 spiro atoms. The van der Waals surface area contributed by atoms with Crippen LogP contribution < -0.4 is 4.74 Å². The van der Waals surface area contributed by atoms with E-state index in [1.165, 1.54) is 5.56 Å². The lowest BCUT2D eigenvalue weighted by atomic mass is 9.73. The van der Waals surface area contributed by atoms with Crippen LogP contribution in [-0.4, -0.2) is 37.4 Å². The third-order valence-corrected chi connectivity index (χ3v) is 4.68. The number of methoxy groups -OCH3 is 1. The van der Waals surface area contributed by atoms with E-state index in [1.807, 2.05) is 12.1 Å². The summed E-state index contributed by atoms with van der Waals surface area (Å²) >= 11 is 0. The number of ketones is 1. The van der Waals surface area contributed by atoms with Gasteiger partial charge >= 0.3 is 0 Å². The average Bonchev–Trinajstić information content (AvgIpc) is 2.63. The van der Waals surface area contributed by atoms with Crippen molar-refractivity contribution in [3.8, 4) is 5.75 Å². The number of fused-ring (bicyclic) bond motifs is 2. The molecule has 18 heavy (non-hydrogen) atoms. The molecule has 2 bridgehead atoms. The van der Waals surface area contributed by atoms with Crippen LogP contribution in [0.5, 0.6) is 5.75 Å². The summed E-state index contributed by atoms with van der Waals surface area (Å²) in [5.74, 6) is 1.27. The van der Waals surface area contributed by atoms with Crippen molar-refractivity contribution in [3.05, 3.63) is 29.8 Å². The molecule has 1 heterocycles. The Morgan fingerprint density at radius 1 is 1.28 bits per heavy atom. The summed E-state index contributed by atoms with van der Waals surface area (Å²) in [7, 11) is 3.73. The summed E-state index contributed by atoms with van der Waals surface area (Å²) in [4.78, 5) is 14.8. The Hall–Kier alpha value is -1.35. The third kappa shape index (κ3) is 1.50. The molecule has 96 valence electrons. The van der Waals surface area contributed by atoms with E-state index in [1.54, 1.807) is 7.11 Å². The van der Waals surface area contributed by atoms with Gasteiger partial charge in [-0.3, -0.25) is 9.69 Å². The molecule has 1 saturated carbocycles. The number of benzene rings is 1. The highest BCUT2D eigenvalue weighted by atomic mass is 16.5. The fourth-order valence-electron chi connectivity index (χ4n) is 3.49. The monoisotopic (exact) mass is 245 g/mol. The quantitative estimate of drug-likeness (QED) is 0.798. The Labute approximate surface area is 108 Å². The van der Waals surface area contributed by atoms with Gasteiger partial charge in [0, 0.05) is 0 Å². The second kappa shape index (κ2) is 4.09. The first-order valence-corrected chi connectivity index (χ1v) is 6.56. The van der Waals surface area contributed by atoms with Crippen molar-refractivity contribution >= 4 is 5.78 Å². The molecule has 0 N–H and O–H groups in total. The van der Waals surface area contributed by atoms with E-state index in [9.17, 15) is 4.79 Å². The van der Waals surface area contributed by atoms with E-state index >= 15 is 0 Å². The molecule has 2 fully saturated rings. The molecule has 1 aliphatic heterocycles. The van der Waals surface area contributed by atoms with Crippen LogP contribution in [0.1, 0.15) is 24.8 Å². The van der Waals surface area contributed by atoms with E-state index in [4.69, 9.17) is 4.74 Å². The second-order valence-electron chi connectivity index (χ2n) is 5.46. The zero-order valence-electron chi connectivity index (χ0n) is 11.0. The smallest absolute Gasteiger partial charge is 0.160 e. The normalized spacial score (nSPS) is 31.7. The van der Waals surface area contributed by atoms with Crippen LogP contribution in [0.2, 0.25) is 0 Å². The molecule has 3 heteroatoms. The molecule has 2 aliphatic rings. The van der Waals surface area contributed by atoms with Crippen LogP contribution in [-0.2, 0) is 10.2 Å². The Morgan fingerprint density at radius 2 is 2.00 bits per heavy atom. The second-order valence-corrected chi connectivity index (χ2v) is 5.46. The first kappa shape index (κ1) is 11.7. The minimum atomic E-state index is -0.219. The number of ether oxygens (including phenoxy) is 1. The highest BCUT2D eigenvalue weighted by Gasteiger charge is 2.52. The topological polar surface area (TPSA) is 29.5 Å². The SMILES string of the molecule is COc1ccc(C23CCC(C2=O)N(C)CC3)cc1. The maximum Gasteiger partial charge on any atom is 0.160 e. The lowest BCUT2D eigenvalue weighted by Gasteiger charge is -2.36. The van der Waals surface area contributed by atoms with E-state index in [0.717, 1.165) is 31.6 Å². The van der Waals surface area contributed by atoms with E-state index in [0.29, 0.717) is 5.78 Å². The molecule has 1 aromatic rings. The van der Waals surface area contributed by atoms with Crippen molar-refractivity contribution in [2.75, 3.05) is 20.7 Å². The van der Waals surface area contributed by atoms with Gasteiger partial charge in [0.25, 0.3) is 0 Å². The van der Waals surface area contributed by atoms with Gasteiger partial charge in [-0.2, -0.15) is 0 Å². The molecule has 0 aromatic heterocycles. The van der Waals surface area contributed by atoms with Crippen molar-refractivity contribution in [2.24, 2.45) is 0 Å². The minimum Gasteiger partial charge on any atom is -0.497 e. The van der Waals surface area contributed by atoms with Gasteiger partial charge in [-0.15, -0.1) is 0 Å². The zero-order chi connectivity index (χ0) is 12.8. The number of Topliss-reactive ketones (excluding diaryl/α,β-unsaturated/α-hetero) is 1. The van der Waals surface area contributed by atoms with Gasteiger partial charge in [-0.1, -0.05) is 12.1 Å². The van der Waals surface area contributed by atoms with Crippen molar-refractivity contribution in [1.29, 1.82) is 0 Å². The highest BCUT2D eigenvalue weighted by molar-refractivity contribution is 5.97. The number of carbonyl (C=O) groups is 1. The van der Waals surface area contributed by atoms with Gasteiger partial charge in [0.15, 0.2) is 5.78 Å². The lowest BCUT2D eigenvalue weighted by Crippen LogP contribution is -2.49. The van der Waals surface area contributed by atoms with Crippen LogP contribution in [0.15, 0.2) is 24.3 Å². The van der Waals surface area contributed by atoms with E-state index < -0.39 is 0 Å². The number of nitrogens with zero attached hydrogens (tertiary/aromatic N) is 1. The van der Waals surface area contributed by atoms with Gasteiger partial charge in [0.05, 0.1) is 18.6 Å². The van der Waals surface area contributed by atoms with E-state index in [2.05, 4.69) is 24.1 Å². The summed E-state index contributed by atoms with van der Waals surface area (Å²) in [6.07, 6.45) is 2.94. The van der Waals surface area contributed by atoms with Crippen LogP contribution in [0.3, 0.4) is 0 Å². The third-order valence-electron chi connectivity index (χ3n) is 4.68. The molecule has 1 aromatic carbocycles. The Balaban J connectivity index is 1.97. The van der Waals surface area contributed by atoms with Crippen molar-refractivity contribution in [2.45, 2.75) is 30.7 Å². The molecule has 3 nitrogen and oxygen atoms in total. The molecule has 1 saturated heterocycles. The standard InChI is InChI=1S/C15H19NO2/c1-16-10-9-15(8-7-13(16)14(15)17)11-3-5-12(18-2)6-4-11/h3-6,13H,7-10H2,1-2H3. The van der Waals surface area contributed by atoms with Gasteiger partial charge < -0.3 is 4.74 Å². The number of rotatable bonds is 2. The Bertz CT molecular complexity index is 468. The number of hydrogen-bond donors (Lipinski definition) is 0. The van der Waals surface area contributed by atoms with Crippen LogP contribution in [0.25, 0.3) is 0 Å². The van der Waals surface area contributed by atoms with Gasteiger partial charge in [-0.05, 0) is 50.6 Å². The van der Waals surface area contributed by atoms with Gasteiger partial charge in [0.2, 0.25) is 0 Å². The van der Waals surface area contributed by atoms with Crippen molar-refractivity contribution in [3.63, 3.8) is 0 Å².